The molecule has 2 N–H and O–H groups in total. The van der Waals surface area contributed by atoms with Gasteiger partial charge >= 0.3 is 6.09 Å². The molecule has 1 atom stereocenters. The van der Waals surface area contributed by atoms with Gasteiger partial charge in [0.1, 0.15) is 22.8 Å². The van der Waals surface area contributed by atoms with Gasteiger partial charge in [-0.1, -0.05) is 0 Å². The second-order valence-corrected chi connectivity index (χ2v) is 9.38. The van der Waals surface area contributed by atoms with Gasteiger partial charge in [-0.25, -0.2) is 28.5 Å². The van der Waals surface area contributed by atoms with Crippen molar-refractivity contribution in [2.75, 3.05) is 23.3 Å². The summed E-state index contributed by atoms with van der Waals surface area (Å²) in [6.07, 6.45) is 3.25. The van der Waals surface area contributed by atoms with Gasteiger partial charge in [0.15, 0.2) is 0 Å². The zero-order valence-electron chi connectivity index (χ0n) is 19.9. The molecular weight excluding hydrogens is 460 g/mol. The van der Waals surface area contributed by atoms with Gasteiger partial charge in [-0.05, 0) is 40.2 Å². The number of aromatic nitrogens is 4. The number of anilines is 2. The van der Waals surface area contributed by atoms with E-state index in [9.17, 15) is 18.4 Å². The number of imidazole rings is 1. The molecule has 0 aromatic carbocycles. The van der Waals surface area contributed by atoms with E-state index in [0.29, 0.717) is 36.7 Å². The summed E-state index contributed by atoms with van der Waals surface area (Å²) in [4.78, 5) is 39.3. The second kappa shape index (κ2) is 9.43. The minimum Gasteiger partial charge on any atom is -0.444 e. The lowest BCUT2D eigenvalue weighted by Gasteiger charge is -2.22. The summed E-state index contributed by atoms with van der Waals surface area (Å²) in [5.74, 6) is -0.119. The number of amides is 2. The van der Waals surface area contributed by atoms with Crippen LogP contribution in [0.2, 0.25) is 0 Å². The Bertz CT molecular complexity index is 1240. The Balaban J connectivity index is 1.41. The predicted molar refractivity (Wildman–Crippen MR) is 125 cm³/mol. The first-order valence-electron chi connectivity index (χ1n) is 11.1. The number of nitrogens with zero attached hydrogens (tertiary/aromatic N) is 5. The van der Waals surface area contributed by atoms with Crippen molar-refractivity contribution in [1.82, 2.24) is 24.7 Å². The molecular formula is C23H27F2N7O3. The summed E-state index contributed by atoms with van der Waals surface area (Å²) in [5, 5.41) is 5.34. The molecule has 0 saturated carbocycles. The number of halogens is 2. The Morgan fingerprint density at radius 3 is 2.63 bits per heavy atom. The van der Waals surface area contributed by atoms with Crippen LogP contribution in [0.25, 0.3) is 5.65 Å². The third-order valence-electron chi connectivity index (χ3n) is 5.33. The Kier molecular flexibility index (Phi) is 6.55. The normalized spacial score (nSPS) is 16.1. The summed E-state index contributed by atoms with van der Waals surface area (Å²) in [7, 11) is 0. The van der Waals surface area contributed by atoms with Crippen molar-refractivity contribution in [3.8, 4) is 0 Å². The molecule has 4 heterocycles. The molecule has 1 fully saturated rings. The molecule has 2 amide bonds. The van der Waals surface area contributed by atoms with Crippen molar-refractivity contribution in [2.24, 2.45) is 0 Å². The number of ether oxygens (including phenoxy) is 1. The molecule has 12 heteroatoms. The highest BCUT2D eigenvalue weighted by Crippen LogP contribution is 2.29. The van der Waals surface area contributed by atoms with E-state index in [4.69, 9.17) is 4.74 Å². The zero-order valence-corrected chi connectivity index (χ0v) is 19.9. The van der Waals surface area contributed by atoms with Gasteiger partial charge in [-0.2, -0.15) is 0 Å². The number of hydrogen-bond donors (Lipinski definition) is 2. The lowest BCUT2D eigenvalue weighted by atomic mass is 10.2. The van der Waals surface area contributed by atoms with Crippen LogP contribution in [0, 0.1) is 6.92 Å². The number of carbonyl (C=O) groups is 2. The van der Waals surface area contributed by atoms with Crippen molar-refractivity contribution >= 4 is 29.2 Å². The van der Waals surface area contributed by atoms with Crippen molar-refractivity contribution in [1.29, 1.82) is 0 Å². The molecule has 0 radical (unpaired) electrons. The van der Waals surface area contributed by atoms with Crippen molar-refractivity contribution in [2.45, 2.75) is 52.2 Å². The third-order valence-corrected chi connectivity index (χ3v) is 5.33. The summed E-state index contributed by atoms with van der Waals surface area (Å²) in [6, 6.07) is 1.14. The van der Waals surface area contributed by atoms with Crippen LogP contribution in [0.4, 0.5) is 25.1 Å². The first-order chi connectivity index (χ1) is 16.5. The monoisotopic (exact) mass is 487 g/mol. The molecule has 1 unspecified atom stereocenters. The molecule has 1 saturated heterocycles. The second-order valence-electron chi connectivity index (χ2n) is 9.38. The Morgan fingerprint density at radius 1 is 1.20 bits per heavy atom. The Morgan fingerprint density at radius 2 is 1.97 bits per heavy atom. The van der Waals surface area contributed by atoms with Crippen LogP contribution >= 0.6 is 0 Å². The van der Waals surface area contributed by atoms with E-state index in [1.807, 2.05) is 4.90 Å². The van der Waals surface area contributed by atoms with Crippen molar-refractivity contribution < 1.29 is 23.1 Å². The number of rotatable bonds is 5. The van der Waals surface area contributed by atoms with Crippen LogP contribution < -0.4 is 15.5 Å². The van der Waals surface area contributed by atoms with Gasteiger partial charge in [-0.15, -0.1) is 0 Å². The fraction of sp³-hybridized carbons (Fsp3) is 0.435. The number of alkyl carbamates (subject to hydrolysis) is 1. The average molecular weight is 488 g/mol. The SMILES string of the molecule is Cc1cn2cc(NC(=O)c3cnc(N4CCC(NC(=O)OC(C)(C)C)C4)cn3)c(C(F)F)cc2n1. The fourth-order valence-electron chi connectivity index (χ4n) is 3.81. The molecule has 1 aliphatic heterocycles. The van der Waals surface area contributed by atoms with Crippen LogP contribution in [0.3, 0.4) is 0 Å². The van der Waals surface area contributed by atoms with Gasteiger partial charge in [-0.3, -0.25) is 4.79 Å². The smallest absolute Gasteiger partial charge is 0.407 e. The Hall–Kier alpha value is -3.83. The first-order valence-corrected chi connectivity index (χ1v) is 11.1. The number of fused-ring (bicyclic) bond motifs is 1. The van der Waals surface area contributed by atoms with Crippen LogP contribution in [-0.4, -0.2) is 56.1 Å². The summed E-state index contributed by atoms with van der Waals surface area (Å²) in [6.45, 7) is 8.30. The van der Waals surface area contributed by atoms with E-state index >= 15 is 0 Å². The fourth-order valence-corrected chi connectivity index (χ4v) is 3.81. The van der Waals surface area contributed by atoms with E-state index in [1.165, 1.54) is 24.7 Å². The quantitative estimate of drug-likeness (QED) is 0.564. The molecule has 10 nitrogen and oxygen atoms in total. The zero-order chi connectivity index (χ0) is 25.3. The summed E-state index contributed by atoms with van der Waals surface area (Å²) in [5.41, 5.74) is 0.0752. The number of hydrogen-bond acceptors (Lipinski definition) is 7. The highest BCUT2D eigenvalue weighted by Gasteiger charge is 2.27. The molecule has 0 bridgehead atoms. The van der Waals surface area contributed by atoms with E-state index in [-0.39, 0.29) is 23.0 Å². The maximum atomic E-state index is 13.6. The lowest BCUT2D eigenvalue weighted by molar-refractivity contribution is 0.0508. The van der Waals surface area contributed by atoms with Crippen LogP contribution in [0.15, 0.2) is 30.9 Å². The third kappa shape index (κ3) is 5.81. The molecule has 4 rings (SSSR count). The molecule has 0 spiro atoms. The number of aryl methyl sites for hydroxylation is 1. The average Bonchev–Trinajstić information content (AvgIpc) is 3.36. The minimum absolute atomic E-state index is 0.0153. The Labute approximate surface area is 200 Å². The maximum Gasteiger partial charge on any atom is 0.407 e. The summed E-state index contributed by atoms with van der Waals surface area (Å²) < 4.78 is 34.0. The predicted octanol–water partition coefficient (Wildman–Crippen LogP) is 3.73. The highest BCUT2D eigenvalue weighted by atomic mass is 19.3. The van der Waals surface area contributed by atoms with E-state index in [1.54, 1.807) is 38.3 Å². The molecule has 186 valence electrons. The summed E-state index contributed by atoms with van der Waals surface area (Å²) >= 11 is 0. The van der Waals surface area contributed by atoms with Crippen LogP contribution in [0.1, 0.15) is 55.4 Å². The van der Waals surface area contributed by atoms with Crippen LogP contribution in [-0.2, 0) is 4.74 Å². The largest absolute Gasteiger partial charge is 0.444 e. The standard InChI is InChI=1S/C23H27F2N7O3/c1-13-10-32-12-17(15(20(24)25)7-18(32)28-13)30-21(33)16-8-27-19(9-26-16)31-6-5-14(11-31)29-22(34)35-23(2,3)4/h7-10,12,14,20H,5-6,11H2,1-4H3,(H,29,34)(H,30,33). The van der Waals surface area contributed by atoms with E-state index in [2.05, 4.69) is 25.6 Å². The topological polar surface area (TPSA) is 114 Å². The van der Waals surface area contributed by atoms with Gasteiger partial charge in [0.2, 0.25) is 0 Å². The number of pyridine rings is 1. The molecule has 1 aliphatic rings. The van der Waals surface area contributed by atoms with Gasteiger partial charge in [0.05, 0.1) is 29.8 Å². The number of carbonyl (C=O) groups excluding carboxylic acids is 2. The highest BCUT2D eigenvalue weighted by molar-refractivity contribution is 6.03. The molecule has 35 heavy (non-hydrogen) atoms. The van der Waals surface area contributed by atoms with Crippen molar-refractivity contribution in [3.05, 3.63) is 47.8 Å². The van der Waals surface area contributed by atoms with Gasteiger partial charge in [0, 0.05) is 31.0 Å². The number of nitrogens with one attached hydrogen (secondary N) is 2. The molecule has 0 aliphatic carbocycles. The molecule has 3 aromatic heterocycles. The van der Waals surface area contributed by atoms with Crippen molar-refractivity contribution in [3.63, 3.8) is 0 Å². The van der Waals surface area contributed by atoms with E-state index in [0.717, 1.165) is 0 Å². The van der Waals surface area contributed by atoms with E-state index < -0.39 is 24.0 Å². The lowest BCUT2D eigenvalue weighted by Crippen LogP contribution is -2.40. The van der Waals surface area contributed by atoms with Gasteiger partial charge in [0.25, 0.3) is 12.3 Å². The minimum atomic E-state index is -2.79. The van der Waals surface area contributed by atoms with Gasteiger partial charge < -0.3 is 24.7 Å². The molecule has 3 aromatic rings. The number of alkyl halides is 2. The first kappa shape index (κ1) is 24.3. The maximum absolute atomic E-state index is 13.6. The van der Waals surface area contributed by atoms with Crippen LogP contribution in [0.5, 0.6) is 0 Å².